The minimum atomic E-state index is -4.04. The van der Waals surface area contributed by atoms with Crippen molar-refractivity contribution in [2.24, 2.45) is 0 Å². The minimum absolute atomic E-state index is 0.00284. The molecule has 1 saturated heterocycles. The molecule has 2 aliphatic rings. The van der Waals surface area contributed by atoms with E-state index in [1.54, 1.807) is 0 Å². The number of carbonyl (C=O) groups excluding carboxylic acids is 1. The molecule has 1 saturated carbocycles. The molecule has 154 valence electrons. The number of benzene rings is 2. The predicted octanol–water partition coefficient (Wildman–Crippen LogP) is 3.25. The highest BCUT2D eigenvalue weighted by Gasteiger charge is 2.35. The average molecular weight is 438 g/mol. The number of likely N-dealkylation sites (tertiary alicyclic amines) is 1. The minimum Gasteiger partial charge on any atom is -0.348 e. The highest BCUT2D eigenvalue weighted by Crippen LogP contribution is 2.30. The summed E-state index contributed by atoms with van der Waals surface area (Å²) >= 11 is 6.09. The van der Waals surface area contributed by atoms with Gasteiger partial charge in [0.2, 0.25) is 0 Å². The number of hydrogen-bond donors (Lipinski definition) is 2. The first-order valence-electron chi connectivity index (χ1n) is 9.45. The number of amides is 1. The van der Waals surface area contributed by atoms with Crippen LogP contribution in [0.3, 0.4) is 0 Å². The summed E-state index contributed by atoms with van der Waals surface area (Å²) in [5, 5.41) is 2.98. The lowest BCUT2D eigenvalue weighted by Crippen LogP contribution is -2.37. The van der Waals surface area contributed by atoms with E-state index in [2.05, 4.69) is 14.9 Å². The molecule has 2 aromatic carbocycles. The van der Waals surface area contributed by atoms with Crippen LogP contribution >= 0.6 is 11.6 Å². The lowest BCUT2D eigenvalue weighted by atomic mass is 10.2. The second kappa shape index (κ2) is 7.93. The van der Waals surface area contributed by atoms with E-state index in [4.69, 9.17) is 11.6 Å². The first-order chi connectivity index (χ1) is 13.8. The normalized spacial score (nSPS) is 19.9. The summed E-state index contributed by atoms with van der Waals surface area (Å²) in [6.07, 6.45) is 3.33. The Hall–Kier alpha value is -2.16. The van der Waals surface area contributed by atoms with Gasteiger partial charge in [-0.3, -0.25) is 14.4 Å². The van der Waals surface area contributed by atoms with Gasteiger partial charge in [0.25, 0.3) is 15.9 Å². The van der Waals surface area contributed by atoms with Gasteiger partial charge in [0.1, 0.15) is 10.7 Å². The summed E-state index contributed by atoms with van der Waals surface area (Å²) in [5.74, 6) is -0.806. The van der Waals surface area contributed by atoms with E-state index in [1.165, 1.54) is 43.2 Å². The fourth-order valence-electron chi connectivity index (χ4n) is 3.52. The van der Waals surface area contributed by atoms with Crippen LogP contribution in [0.15, 0.2) is 47.4 Å². The number of nitrogens with one attached hydrogen (secondary N) is 2. The maximum atomic E-state index is 13.0. The number of carbonyl (C=O) groups is 1. The largest absolute Gasteiger partial charge is 0.348 e. The zero-order chi connectivity index (χ0) is 20.6. The molecule has 6 nitrogen and oxygen atoms in total. The summed E-state index contributed by atoms with van der Waals surface area (Å²) in [7, 11) is -4.04. The van der Waals surface area contributed by atoms with Crippen LogP contribution in [-0.2, 0) is 10.0 Å². The second-order valence-electron chi connectivity index (χ2n) is 7.44. The highest BCUT2D eigenvalue weighted by molar-refractivity contribution is 7.92. The lowest BCUT2D eigenvalue weighted by Gasteiger charge is -2.16. The van der Waals surface area contributed by atoms with E-state index in [0.717, 1.165) is 31.6 Å². The molecule has 1 unspecified atom stereocenters. The highest BCUT2D eigenvalue weighted by atomic mass is 35.5. The Balaban J connectivity index is 1.49. The first kappa shape index (κ1) is 20.1. The van der Waals surface area contributed by atoms with Crippen LogP contribution in [0, 0.1) is 5.82 Å². The van der Waals surface area contributed by atoms with Gasteiger partial charge in [-0.05, 0) is 61.7 Å². The molecule has 0 radical (unpaired) electrons. The number of hydrogen-bond acceptors (Lipinski definition) is 4. The quantitative estimate of drug-likeness (QED) is 0.727. The van der Waals surface area contributed by atoms with Gasteiger partial charge >= 0.3 is 0 Å². The van der Waals surface area contributed by atoms with Crippen LogP contribution in [0.5, 0.6) is 0 Å². The van der Waals surface area contributed by atoms with Crippen LogP contribution in [0.25, 0.3) is 0 Å². The van der Waals surface area contributed by atoms with Gasteiger partial charge in [-0.2, -0.15) is 0 Å². The Morgan fingerprint density at radius 2 is 1.83 bits per heavy atom. The van der Waals surface area contributed by atoms with Gasteiger partial charge in [-0.25, -0.2) is 12.8 Å². The molecule has 1 amide bonds. The Labute approximate surface area is 174 Å². The molecule has 1 atom stereocenters. The number of sulfonamides is 1. The number of halogens is 2. The molecular formula is C20H21ClFN3O3S. The molecule has 29 heavy (non-hydrogen) atoms. The van der Waals surface area contributed by atoms with Crippen molar-refractivity contribution in [1.29, 1.82) is 0 Å². The zero-order valence-corrected chi connectivity index (χ0v) is 17.1. The standard InChI is InChI=1S/C20H21ClFN3O3S/c21-18-8-1-13(20(26)23-16-9-10-25(12-16)17-6-7-17)11-19(18)29(27,28)24-15-4-2-14(22)3-5-15/h1-5,8,11,16-17,24H,6-7,9-10,12H2,(H,23,26). The van der Waals surface area contributed by atoms with Gasteiger partial charge in [-0.1, -0.05) is 11.6 Å². The molecule has 9 heteroatoms. The maximum Gasteiger partial charge on any atom is 0.263 e. The third kappa shape index (κ3) is 4.71. The lowest BCUT2D eigenvalue weighted by molar-refractivity contribution is 0.0937. The molecule has 2 fully saturated rings. The van der Waals surface area contributed by atoms with Crippen molar-refractivity contribution in [3.63, 3.8) is 0 Å². The van der Waals surface area contributed by atoms with Crippen molar-refractivity contribution >= 4 is 33.2 Å². The summed E-state index contributed by atoms with van der Waals surface area (Å²) in [4.78, 5) is 14.8. The van der Waals surface area contributed by atoms with E-state index in [9.17, 15) is 17.6 Å². The Kier molecular flexibility index (Phi) is 5.50. The van der Waals surface area contributed by atoms with Crippen LogP contribution in [-0.4, -0.2) is 44.4 Å². The fraction of sp³-hybridized carbons (Fsp3) is 0.350. The van der Waals surface area contributed by atoms with Gasteiger partial charge in [0, 0.05) is 36.4 Å². The third-order valence-electron chi connectivity index (χ3n) is 5.20. The second-order valence-corrected chi connectivity index (χ2v) is 9.50. The van der Waals surface area contributed by atoms with Crippen LogP contribution < -0.4 is 10.0 Å². The predicted molar refractivity (Wildman–Crippen MR) is 109 cm³/mol. The van der Waals surface area contributed by atoms with E-state index in [-0.39, 0.29) is 33.1 Å². The van der Waals surface area contributed by atoms with Crippen molar-refractivity contribution in [1.82, 2.24) is 10.2 Å². The zero-order valence-electron chi connectivity index (χ0n) is 15.6. The molecule has 2 aromatic rings. The van der Waals surface area contributed by atoms with Gasteiger partial charge in [0.15, 0.2) is 0 Å². The van der Waals surface area contributed by atoms with Crippen LogP contribution in [0.2, 0.25) is 5.02 Å². The molecular weight excluding hydrogens is 417 g/mol. The van der Waals surface area contributed by atoms with Crippen LogP contribution in [0.1, 0.15) is 29.6 Å². The van der Waals surface area contributed by atoms with Crippen molar-refractivity contribution in [2.75, 3.05) is 17.8 Å². The van der Waals surface area contributed by atoms with Crippen molar-refractivity contribution in [3.05, 3.63) is 58.9 Å². The smallest absolute Gasteiger partial charge is 0.263 e. The van der Waals surface area contributed by atoms with Crippen molar-refractivity contribution in [2.45, 2.75) is 36.2 Å². The maximum absolute atomic E-state index is 13.0. The summed E-state index contributed by atoms with van der Waals surface area (Å²) in [6, 6.07) is 9.77. The van der Waals surface area contributed by atoms with Crippen LogP contribution in [0.4, 0.5) is 10.1 Å². The summed E-state index contributed by atoms with van der Waals surface area (Å²) < 4.78 is 40.8. The number of nitrogens with zero attached hydrogens (tertiary/aromatic N) is 1. The molecule has 2 N–H and O–H groups in total. The van der Waals surface area contributed by atoms with Crippen molar-refractivity contribution < 1.29 is 17.6 Å². The van der Waals surface area contributed by atoms with Crippen molar-refractivity contribution in [3.8, 4) is 0 Å². The third-order valence-corrected chi connectivity index (χ3v) is 7.06. The molecule has 0 bridgehead atoms. The molecule has 0 spiro atoms. The van der Waals surface area contributed by atoms with Gasteiger partial charge in [0.05, 0.1) is 5.02 Å². The summed E-state index contributed by atoms with van der Waals surface area (Å²) in [5.41, 5.74) is 0.419. The SMILES string of the molecule is O=C(NC1CCN(C2CC2)C1)c1ccc(Cl)c(S(=O)(=O)Nc2ccc(F)cc2)c1. The van der Waals surface area contributed by atoms with E-state index in [1.807, 2.05) is 0 Å². The molecule has 1 aliphatic carbocycles. The fourth-order valence-corrected chi connectivity index (χ4v) is 5.11. The number of anilines is 1. The molecule has 0 aromatic heterocycles. The Morgan fingerprint density at radius 3 is 2.52 bits per heavy atom. The monoisotopic (exact) mass is 437 g/mol. The molecule has 1 aliphatic heterocycles. The summed E-state index contributed by atoms with van der Waals surface area (Å²) in [6.45, 7) is 1.79. The first-order valence-corrected chi connectivity index (χ1v) is 11.3. The Bertz CT molecular complexity index is 1030. The van der Waals surface area contributed by atoms with E-state index in [0.29, 0.717) is 6.04 Å². The molecule has 1 heterocycles. The molecule has 4 rings (SSSR count). The van der Waals surface area contributed by atoms with E-state index < -0.39 is 15.8 Å². The topological polar surface area (TPSA) is 78.5 Å². The Morgan fingerprint density at radius 1 is 1.10 bits per heavy atom. The van der Waals surface area contributed by atoms with Gasteiger partial charge in [-0.15, -0.1) is 0 Å². The average Bonchev–Trinajstić information content (AvgIpc) is 3.43. The van der Waals surface area contributed by atoms with E-state index >= 15 is 0 Å². The van der Waals surface area contributed by atoms with Gasteiger partial charge < -0.3 is 5.32 Å². The number of rotatable bonds is 6.